The minimum absolute atomic E-state index is 0.629. The first-order valence-corrected chi connectivity index (χ1v) is 3.66. The summed E-state index contributed by atoms with van der Waals surface area (Å²) >= 11 is 1.12. The number of rotatable bonds is 4. The Kier molecular flexibility index (Phi) is 5.59. The lowest BCUT2D eigenvalue weighted by Crippen LogP contribution is -1.85. The van der Waals surface area contributed by atoms with Gasteiger partial charge in [-0.3, -0.25) is 0 Å². The van der Waals surface area contributed by atoms with Crippen molar-refractivity contribution >= 4 is 17.7 Å². The standard InChI is InChI=1S/C6H7NO2S/c7-5-10-4-2-1-3-6(8)9/h1,3H,2,4H2,(H,8,9)/b3-1-. The highest BCUT2D eigenvalue weighted by molar-refractivity contribution is 8.03. The van der Waals surface area contributed by atoms with Crippen molar-refractivity contribution in [1.82, 2.24) is 0 Å². The Morgan fingerprint density at radius 3 is 3.00 bits per heavy atom. The molecule has 0 aromatic rings. The second-order valence-electron chi connectivity index (χ2n) is 1.47. The van der Waals surface area contributed by atoms with Crippen LogP contribution in [0.2, 0.25) is 0 Å². The molecule has 0 aliphatic rings. The lowest BCUT2D eigenvalue weighted by Gasteiger charge is -1.83. The number of carboxylic acid groups (broad SMARTS) is 1. The van der Waals surface area contributed by atoms with Crippen LogP contribution in [0.25, 0.3) is 0 Å². The van der Waals surface area contributed by atoms with Gasteiger partial charge in [-0.2, -0.15) is 5.26 Å². The van der Waals surface area contributed by atoms with Gasteiger partial charge in [0.15, 0.2) is 0 Å². The summed E-state index contributed by atoms with van der Waals surface area (Å²) in [4.78, 5) is 9.87. The second-order valence-corrected chi connectivity index (χ2v) is 2.35. The Morgan fingerprint density at radius 1 is 1.80 bits per heavy atom. The van der Waals surface area contributed by atoms with Gasteiger partial charge in [0.2, 0.25) is 0 Å². The van der Waals surface area contributed by atoms with Crippen LogP contribution >= 0.6 is 11.8 Å². The van der Waals surface area contributed by atoms with Crippen LogP contribution < -0.4 is 0 Å². The maximum Gasteiger partial charge on any atom is 0.327 e. The van der Waals surface area contributed by atoms with Crippen LogP contribution in [-0.2, 0) is 4.79 Å². The summed E-state index contributed by atoms with van der Waals surface area (Å²) in [5, 5.41) is 18.0. The minimum atomic E-state index is -0.943. The Hall–Kier alpha value is -0.950. The summed E-state index contributed by atoms with van der Waals surface area (Å²) < 4.78 is 0. The Morgan fingerprint density at radius 2 is 2.50 bits per heavy atom. The number of thiocyanates is 1. The molecule has 0 saturated carbocycles. The Bertz CT molecular complexity index is 171. The quantitative estimate of drug-likeness (QED) is 0.379. The zero-order valence-electron chi connectivity index (χ0n) is 5.28. The zero-order chi connectivity index (χ0) is 7.82. The summed E-state index contributed by atoms with van der Waals surface area (Å²) in [6.45, 7) is 0. The average molecular weight is 157 g/mol. The van der Waals surface area contributed by atoms with E-state index in [0.717, 1.165) is 17.8 Å². The van der Waals surface area contributed by atoms with E-state index in [9.17, 15) is 4.79 Å². The van der Waals surface area contributed by atoms with Gasteiger partial charge >= 0.3 is 5.97 Å². The van der Waals surface area contributed by atoms with Crippen LogP contribution in [0.4, 0.5) is 0 Å². The largest absolute Gasteiger partial charge is 0.478 e. The molecule has 0 saturated heterocycles. The predicted molar refractivity (Wildman–Crippen MR) is 39.5 cm³/mol. The van der Waals surface area contributed by atoms with Crippen molar-refractivity contribution in [2.24, 2.45) is 0 Å². The summed E-state index contributed by atoms with van der Waals surface area (Å²) in [6, 6.07) is 0. The van der Waals surface area contributed by atoms with Crippen LogP contribution in [0.1, 0.15) is 6.42 Å². The molecule has 3 nitrogen and oxygen atoms in total. The third-order valence-corrected chi connectivity index (χ3v) is 1.28. The highest BCUT2D eigenvalue weighted by Gasteiger charge is 1.85. The number of carboxylic acids is 1. The Labute approximate surface area is 63.3 Å². The smallest absolute Gasteiger partial charge is 0.327 e. The first-order valence-electron chi connectivity index (χ1n) is 2.67. The van der Waals surface area contributed by atoms with E-state index in [1.54, 1.807) is 0 Å². The van der Waals surface area contributed by atoms with Gasteiger partial charge in [-0.15, -0.1) is 0 Å². The lowest BCUT2D eigenvalue weighted by molar-refractivity contribution is -0.131. The molecule has 10 heavy (non-hydrogen) atoms. The van der Waals surface area contributed by atoms with Crippen LogP contribution in [0.3, 0.4) is 0 Å². The molecule has 1 N–H and O–H groups in total. The monoisotopic (exact) mass is 157 g/mol. The van der Waals surface area contributed by atoms with Gasteiger partial charge in [0.1, 0.15) is 5.40 Å². The maximum absolute atomic E-state index is 9.87. The summed E-state index contributed by atoms with van der Waals surface area (Å²) in [5.74, 6) is -0.290. The molecule has 0 heterocycles. The molecule has 0 rings (SSSR count). The van der Waals surface area contributed by atoms with E-state index in [2.05, 4.69) is 0 Å². The first-order chi connectivity index (χ1) is 4.77. The number of hydrogen-bond donors (Lipinski definition) is 1. The molecule has 54 valence electrons. The molecule has 0 radical (unpaired) electrons. The molecule has 0 fully saturated rings. The third-order valence-electron chi connectivity index (χ3n) is 0.712. The number of allylic oxidation sites excluding steroid dienone is 1. The van der Waals surface area contributed by atoms with Crippen molar-refractivity contribution in [3.05, 3.63) is 12.2 Å². The fourth-order valence-electron chi connectivity index (χ4n) is 0.357. The second kappa shape index (κ2) is 6.17. The summed E-state index contributed by atoms with van der Waals surface area (Å²) in [7, 11) is 0. The fourth-order valence-corrected chi connectivity index (χ4v) is 0.702. The van der Waals surface area contributed by atoms with Crippen molar-refractivity contribution in [3.63, 3.8) is 0 Å². The molecule has 0 aliphatic heterocycles. The summed E-state index contributed by atoms with van der Waals surface area (Å²) in [5.41, 5.74) is 0. The minimum Gasteiger partial charge on any atom is -0.478 e. The van der Waals surface area contributed by atoms with E-state index in [1.165, 1.54) is 6.08 Å². The van der Waals surface area contributed by atoms with Gasteiger partial charge in [0, 0.05) is 11.8 Å². The highest BCUT2D eigenvalue weighted by atomic mass is 32.2. The fraction of sp³-hybridized carbons (Fsp3) is 0.333. The maximum atomic E-state index is 9.87. The molecular formula is C6H7NO2S. The molecule has 0 aromatic heterocycles. The summed E-state index contributed by atoms with van der Waals surface area (Å²) in [6.07, 6.45) is 3.25. The molecular weight excluding hydrogens is 150 g/mol. The van der Waals surface area contributed by atoms with Crippen molar-refractivity contribution in [1.29, 1.82) is 5.26 Å². The van der Waals surface area contributed by atoms with E-state index in [1.807, 2.05) is 5.40 Å². The molecule has 0 spiro atoms. The van der Waals surface area contributed by atoms with Crippen molar-refractivity contribution < 1.29 is 9.90 Å². The van der Waals surface area contributed by atoms with Crippen molar-refractivity contribution in [3.8, 4) is 5.40 Å². The van der Waals surface area contributed by atoms with Crippen LogP contribution in [0, 0.1) is 10.7 Å². The van der Waals surface area contributed by atoms with Crippen LogP contribution in [0.5, 0.6) is 0 Å². The molecule has 0 aliphatic carbocycles. The van der Waals surface area contributed by atoms with Gasteiger partial charge < -0.3 is 5.11 Å². The molecule has 0 amide bonds. The van der Waals surface area contributed by atoms with E-state index in [4.69, 9.17) is 10.4 Å². The van der Waals surface area contributed by atoms with E-state index >= 15 is 0 Å². The average Bonchev–Trinajstić information content (AvgIpc) is 1.87. The third kappa shape index (κ3) is 7.05. The Balaban J connectivity index is 3.20. The number of nitrogens with zero attached hydrogens (tertiary/aromatic N) is 1. The molecule has 0 atom stereocenters. The van der Waals surface area contributed by atoms with Crippen molar-refractivity contribution in [2.75, 3.05) is 5.75 Å². The lowest BCUT2D eigenvalue weighted by atomic mass is 10.4. The molecule has 4 heteroatoms. The normalized spacial score (nSPS) is 9.50. The predicted octanol–water partition coefficient (Wildman–Crippen LogP) is 1.23. The SMILES string of the molecule is N#CSCC/C=C\C(=O)O. The number of hydrogen-bond acceptors (Lipinski definition) is 3. The zero-order valence-corrected chi connectivity index (χ0v) is 6.10. The van der Waals surface area contributed by atoms with E-state index in [0.29, 0.717) is 12.2 Å². The molecule has 0 bridgehead atoms. The van der Waals surface area contributed by atoms with Crippen LogP contribution in [0.15, 0.2) is 12.2 Å². The molecule has 0 unspecified atom stereocenters. The van der Waals surface area contributed by atoms with Gasteiger partial charge in [-0.25, -0.2) is 4.79 Å². The van der Waals surface area contributed by atoms with E-state index < -0.39 is 5.97 Å². The van der Waals surface area contributed by atoms with Crippen molar-refractivity contribution in [2.45, 2.75) is 6.42 Å². The van der Waals surface area contributed by atoms with Gasteiger partial charge in [-0.05, 0) is 18.2 Å². The first kappa shape index (κ1) is 9.05. The van der Waals surface area contributed by atoms with Gasteiger partial charge in [-0.1, -0.05) is 6.08 Å². The van der Waals surface area contributed by atoms with E-state index in [-0.39, 0.29) is 0 Å². The van der Waals surface area contributed by atoms with Gasteiger partial charge in [0.05, 0.1) is 0 Å². The number of carbonyl (C=O) groups is 1. The van der Waals surface area contributed by atoms with Crippen LogP contribution in [-0.4, -0.2) is 16.8 Å². The molecule has 0 aromatic carbocycles. The topological polar surface area (TPSA) is 61.1 Å². The number of nitriles is 1. The highest BCUT2D eigenvalue weighted by Crippen LogP contribution is 1.98. The number of thioether (sulfide) groups is 1. The van der Waals surface area contributed by atoms with Gasteiger partial charge in [0.25, 0.3) is 0 Å². The number of aliphatic carboxylic acids is 1.